The van der Waals surface area contributed by atoms with Crippen LogP contribution in [0.5, 0.6) is 0 Å². The number of nitrogens with zero attached hydrogens (tertiary/aromatic N) is 1. The fourth-order valence-corrected chi connectivity index (χ4v) is 4.11. The van der Waals surface area contributed by atoms with Crippen LogP contribution in [0.3, 0.4) is 0 Å². The predicted molar refractivity (Wildman–Crippen MR) is 95.7 cm³/mol. The van der Waals surface area contributed by atoms with Gasteiger partial charge in [0, 0.05) is 12.1 Å². The van der Waals surface area contributed by atoms with Crippen LogP contribution in [-0.2, 0) is 10.0 Å². The molecule has 3 rings (SSSR count). The summed E-state index contributed by atoms with van der Waals surface area (Å²) >= 11 is 5.95. The van der Waals surface area contributed by atoms with Crippen LogP contribution in [0.25, 0.3) is 10.8 Å². The topological polar surface area (TPSA) is 37.4 Å². The summed E-state index contributed by atoms with van der Waals surface area (Å²) in [6.45, 7) is 1.84. The lowest BCUT2D eigenvalue weighted by Gasteiger charge is -2.21. The van der Waals surface area contributed by atoms with E-state index in [1.165, 1.54) is 4.31 Å². The minimum Gasteiger partial charge on any atom is -0.269 e. The zero-order valence-corrected chi connectivity index (χ0v) is 14.4. The van der Waals surface area contributed by atoms with Crippen molar-refractivity contribution in [3.05, 3.63) is 71.2 Å². The first-order valence-electron chi connectivity index (χ1n) is 7.13. The normalized spacial score (nSPS) is 11.6. The number of halogens is 1. The number of benzene rings is 3. The Labute approximate surface area is 141 Å². The third-order valence-electron chi connectivity index (χ3n) is 3.88. The molecule has 0 aliphatic carbocycles. The fraction of sp³-hybridized carbons (Fsp3) is 0.111. The summed E-state index contributed by atoms with van der Waals surface area (Å²) in [6.07, 6.45) is 0. The van der Waals surface area contributed by atoms with Gasteiger partial charge in [-0.3, -0.25) is 4.31 Å². The number of sulfonamides is 1. The third-order valence-corrected chi connectivity index (χ3v) is 5.88. The van der Waals surface area contributed by atoms with Crippen LogP contribution in [0.15, 0.2) is 65.6 Å². The van der Waals surface area contributed by atoms with Crippen LogP contribution in [-0.4, -0.2) is 15.5 Å². The van der Waals surface area contributed by atoms with Gasteiger partial charge in [0.15, 0.2) is 0 Å². The van der Waals surface area contributed by atoms with Gasteiger partial charge in [0.2, 0.25) is 0 Å². The molecular formula is C18H16ClNO2S. The molecule has 23 heavy (non-hydrogen) atoms. The van der Waals surface area contributed by atoms with E-state index >= 15 is 0 Å². The Morgan fingerprint density at radius 3 is 2.30 bits per heavy atom. The molecule has 3 aromatic carbocycles. The largest absolute Gasteiger partial charge is 0.269 e. The zero-order chi connectivity index (χ0) is 16.6. The maximum Gasteiger partial charge on any atom is 0.264 e. The van der Waals surface area contributed by atoms with E-state index in [0.717, 1.165) is 16.3 Å². The van der Waals surface area contributed by atoms with Gasteiger partial charge in [-0.15, -0.1) is 0 Å². The van der Waals surface area contributed by atoms with Gasteiger partial charge in [0.1, 0.15) is 0 Å². The molecule has 0 N–H and O–H groups in total. The van der Waals surface area contributed by atoms with Crippen molar-refractivity contribution < 1.29 is 8.42 Å². The highest BCUT2D eigenvalue weighted by molar-refractivity contribution is 7.92. The molecule has 0 saturated heterocycles. The quantitative estimate of drug-likeness (QED) is 0.694. The molecule has 0 fully saturated rings. The van der Waals surface area contributed by atoms with E-state index in [1.54, 1.807) is 37.4 Å². The lowest BCUT2D eigenvalue weighted by atomic mass is 10.1. The summed E-state index contributed by atoms with van der Waals surface area (Å²) in [5, 5.41) is 2.49. The van der Waals surface area contributed by atoms with Crippen molar-refractivity contribution in [1.29, 1.82) is 0 Å². The highest BCUT2D eigenvalue weighted by Crippen LogP contribution is 2.28. The lowest BCUT2D eigenvalue weighted by Crippen LogP contribution is -2.27. The van der Waals surface area contributed by atoms with Crippen LogP contribution >= 0.6 is 11.6 Å². The monoisotopic (exact) mass is 345 g/mol. The molecule has 3 aromatic rings. The van der Waals surface area contributed by atoms with E-state index in [1.807, 2.05) is 37.3 Å². The average molecular weight is 346 g/mol. The first kappa shape index (κ1) is 15.8. The Morgan fingerprint density at radius 1 is 0.913 bits per heavy atom. The Hall–Kier alpha value is -2.04. The van der Waals surface area contributed by atoms with Crippen molar-refractivity contribution in [2.75, 3.05) is 11.4 Å². The van der Waals surface area contributed by atoms with Gasteiger partial charge in [-0.2, -0.15) is 0 Å². The van der Waals surface area contributed by atoms with E-state index < -0.39 is 10.0 Å². The minimum absolute atomic E-state index is 0.271. The second kappa shape index (κ2) is 5.87. The molecule has 0 radical (unpaired) electrons. The molecule has 0 unspecified atom stereocenters. The smallest absolute Gasteiger partial charge is 0.264 e. The molecule has 0 heterocycles. The highest BCUT2D eigenvalue weighted by atomic mass is 35.5. The molecule has 0 atom stereocenters. The van der Waals surface area contributed by atoms with Crippen LogP contribution in [0.2, 0.25) is 5.02 Å². The summed E-state index contributed by atoms with van der Waals surface area (Å²) in [7, 11) is -2.07. The molecule has 0 aliphatic rings. The number of hydrogen-bond donors (Lipinski definition) is 0. The fourth-order valence-electron chi connectivity index (χ4n) is 2.59. The van der Waals surface area contributed by atoms with Crippen molar-refractivity contribution in [2.24, 2.45) is 0 Å². The zero-order valence-electron chi connectivity index (χ0n) is 12.8. The number of rotatable bonds is 3. The summed E-state index contributed by atoms with van der Waals surface area (Å²) in [5.41, 5.74) is 1.42. The van der Waals surface area contributed by atoms with Gasteiger partial charge in [0.25, 0.3) is 10.0 Å². The number of aryl methyl sites for hydroxylation is 1. The molecule has 0 spiro atoms. The molecule has 3 nitrogen and oxygen atoms in total. The number of hydrogen-bond acceptors (Lipinski definition) is 2. The summed E-state index contributed by atoms with van der Waals surface area (Å²) in [6, 6.07) is 18.0. The van der Waals surface area contributed by atoms with Gasteiger partial charge in [-0.25, -0.2) is 8.42 Å². The van der Waals surface area contributed by atoms with Crippen molar-refractivity contribution in [2.45, 2.75) is 11.8 Å². The van der Waals surface area contributed by atoms with Crippen molar-refractivity contribution in [3.8, 4) is 0 Å². The molecule has 5 heteroatoms. The lowest BCUT2D eigenvalue weighted by molar-refractivity contribution is 0.594. The Kier molecular flexibility index (Phi) is 4.04. The predicted octanol–water partition coefficient (Wildman–Crippen LogP) is 4.63. The first-order valence-corrected chi connectivity index (χ1v) is 8.95. The van der Waals surface area contributed by atoms with Crippen LogP contribution in [0, 0.1) is 6.92 Å². The standard InChI is InChI=1S/C18H16ClNO2S/c1-13-11-16(19)8-10-18(13)20(2)23(21,22)17-9-7-14-5-3-4-6-15(14)12-17/h3-12H,1-2H3. The molecular weight excluding hydrogens is 330 g/mol. The molecule has 0 aromatic heterocycles. The van der Waals surface area contributed by atoms with Gasteiger partial charge < -0.3 is 0 Å². The summed E-state index contributed by atoms with van der Waals surface area (Å²) in [4.78, 5) is 0.271. The van der Waals surface area contributed by atoms with Gasteiger partial charge >= 0.3 is 0 Å². The molecule has 118 valence electrons. The minimum atomic E-state index is -3.63. The molecule has 0 amide bonds. The average Bonchev–Trinajstić information content (AvgIpc) is 2.53. The second-order valence-corrected chi connectivity index (χ2v) is 7.82. The summed E-state index contributed by atoms with van der Waals surface area (Å²) < 4.78 is 27.1. The van der Waals surface area contributed by atoms with E-state index in [4.69, 9.17) is 11.6 Å². The van der Waals surface area contributed by atoms with Gasteiger partial charge in [-0.05, 0) is 53.6 Å². The Bertz CT molecular complexity index is 983. The van der Waals surface area contributed by atoms with Crippen LogP contribution < -0.4 is 4.31 Å². The van der Waals surface area contributed by atoms with Gasteiger partial charge in [0.05, 0.1) is 10.6 Å². The maximum absolute atomic E-state index is 12.9. The second-order valence-electron chi connectivity index (χ2n) is 5.41. The van der Waals surface area contributed by atoms with Crippen LogP contribution in [0.4, 0.5) is 5.69 Å². The molecule has 0 aliphatic heterocycles. The van der Waals surface area contributed by atoms with Crippen molar-refractivity contribution in [1.82, 2.24) is 0 Å². The maximum atomic E-state index is 12.9. The number of anilines is 1. The van der Waals surface area contributed by atoms with E-state index in [0.29, 0.717) is 10.7 Å². The SMILES string of the molecule is Cc1cc(Cl)ccc1N(C)S(=O)(=O)c1ccc2ccccc2c1. The van der Waals surface area contributed by atoms with Gasteiger partial charge in [-0.1, -0.05) is 41.9 Å². The van der Waals surface area contributed by atoms with Crippen molar-refractivity contribution in [3.63, 3.8) is 0 Å². The number of fused-ring (bicyclic) bond motifs is 1. The third kappa shape index (κ3) is 2.92. The van der Waals surface area contributed by atoms with E-state index in [-0.39, 0.29) is 4.90 Å². The summed E-state index contributed by atoms with van der Waals surface area (Å²) in [5.74, 6) is 0. The molecule has 0 saturated carbocycles. The van der Waals surface area contributed by atoms with Crippen LogP contribution in [0.1, 0.15) is 5.56 Å². The van der Waals surface area contributed by atoms with Crippen molar-refractivity contribution >= 4 is 38.1 Å². The van der Waals surface area contributed by atoms with E-state index in [2.05, 4.69) is 0 Å². The first-order chi connectivity index (χ1) is 10.9. The Morgan fingerprint density at radius 2 is 1.61 bits per heavy atom. The van der Waals surface area contributed by atoms with E-state index in [9.17, 15) is 8.42 Å². The molecule has 0 bridgehead atoms. The Balaban J connectivity index is 2.08. The highest BCUT2D eigenvalue weighted by Gasteiger charge is 2.22.